The number of aromatic nitrogens is 2. The first-order valence-electron chi connectivity index (χ1n) is 6.42. The smallest absolute Gasteiger partial charge is 0.0878 e. The lowest BCUT2D eigenvalue weighted by molar-refractivity contribution is 0.521. The first-order valence-corrected chi connectivity index (χ1v) is 7.64. The Bertz CT molecular complexity index is 506. The van der Waals surface area contributed by atoms with E-state index in [-0.39, 0.29) is 6.04 Å². The molecule has 1 unspecified atom stereocenters. The van der Waals surface area contributed by atoms with Crippen LogP contribution in [0.2, 0.25) is 0 Å². The zero-order valence-corrected chi connectivity index (χ0v) is 12.2. The van der Waals surface area contributed by atoms with Crippen molar-refractivity contribution in [2.45, 2.75) is 30.8 Å². The molecule has 4 nitrogen and oxygen atoms in total. The first-order chi connectivity index (χ1) is 9.30. The molecule has 1 aromatic heterocycles. The summed E-state index contributed by atoms with van der Waals surface area (Å²) in [6, 6.07) is 10.4. The lowest BCUT2D eigenvalue weighted by atomic mass is 10.0. The molecule has 2 rings (SSSR count). The van der Waals surface area contributed by atoms with Crippen LogP contribution < -0.4 is 11.3 Å². The van der Waals surface area contributed by atoms with Gasteiger partial charge in [-0.05, 0) is 36.4 Å². The van der Waals surface area contributed by atoms with Crippen molar-refractivity contribution in [3.63, 3.8) is 0 Å². The lowest BCUT2D eigenvalue weighted by Crippen LogP contribution is -2.30. The van der Waals surface area contributed by atoms with E-state index in [0.717, 1.165) is 24.2 Å². The molecule has 102 valence electrons. The Morgan fingerprint density at radius 1 is 1.32 bits per heavy atom. The van der Waals surface area contributed by atoms with Gasteiger partial charge in [0.25, 0.3) is 0 Å². The van der Waals surface area contributed by atoms with Crippen molar-refractivity contribution in [3.05, 3.63) is 47.8 Å². The van der Waals surface area contributed by atoms with Crippen molar-refractivity contribution >= 4 is 11.8 Å². The van der Waals surface area contributed by atoms with Crippen LogP contribution in [0.1, 0.15) is 30.6 Å². The number of benzene rings is 1. The number of aryl methyl sites for hydroxylation is 1. The van der Waals surface area contributed by atoms with Gasteiger partial charge < -0.3 is 0 Å². The van der Waals surface area contributed by atoms with Crippen LogP contribution in [0.5, 0.6) is 0 Å². The SMILES string of the molecule is CCCn1nccc1C(NN)c1ccc(SC)cc1. The quantitative estimate of drug-likeness (QED) is 0.484. The van der Waals surface area contributed by atoms with Crippen LogP contribution in [0.3, 0.4) is 0 Å². The summed E-state index contributed by atoms with van der Waals surface area (Å²) in [6.45, 7) is 3.05. The Morgan fingerprint density at radius 3 is 2.63 bits per heavy atom. The van der Waals surface area contributed by atoms with Gasteiger partial charge in [-0.15, -0.1) is 11.8 Å². The van der Waals surface area contributed by atoms with Gasteiger partial charge in [0.1, 0.15) is 0 Å². The molecule has 0 bridgehead atoms. The van der Waals surface area contributed by atoms with E-state index < -0.39 is 0 Å². The molecule has 19 heavy (non-hydrogen) atoms. The highest BCUT2D eigenvalue weighted by Gasteiger charge is 2.16. The fraction of sp³-hybridized carbons (Fsp3) is 0.357. The molecule has 0 aliphatic heterocycles. The third-order valence-electron chi connectivity index (χ3n) is 3.10. The fourth-order valence-corrected chi connectivity index (χ4v) is 2.54. The summed E-state index contributed by atoms with van der Waals surface area (Å²) in [5.41, 5.74) is 5.14. The minimum Gasteiger partial charge on any atom is -0.271 e. The number of nitrogens with one attached hydrogen (secondary N) is 1. The molecule has 0 fully saturated rings. The maximum Gasteiger partial charge on any atom is 0.0878 e. The summed E-state index contributed by atoms with van der Waals surface area (Å²) in [5, 5.41) is 4.35. The predicted molar refractivity (Wildman–Crippen MR) is 79.9 cm³/mol. The molecule has 2 aromatic rings. The van der Waals surface area contributed by atoms with Crippen LogP contribution in [-0.4, -0.2) is 16.0 Å². The molecule has 0 amide bonds. The molecule has 1 aromatic carbocycles. The zero-order valence-electron chi connectivity index (χ0n) is 11.3. The van der Waals surface area contributed by atoms with Gasteiger partial charge in [0.2, 0.25) is 0 Å². The summed E-state index contributed by atoms with van der Waals surface area (Å²) in [6.07, 6.45) is 4.95. The standard InChI is InChI=1S/C14H20N4S/c1-3-10-18-13(8-9-16-18)14(17-15)11-4-6-12(19-2)7-5-11/h4-9,14,17H,3,10,15H2,1-2H3. The highest BCUT2D eigenvalue weighted by Crippen LogP contribution is 2.24. The monoisotopic (exact) mass is 276 g/mol. The summed E-state index contributed by atoms with van der Waals surface area (Å²) < 4.78 is 2.01. The number of rotatable bonds is 6. The van der Waals surface area contributed by atoms with Crippen LogP contribution in [0, 0.1) is 0 Å². The number of hydrogen-bond acceptors (Lipinski definition) is 4. The van der Waals surface area contributed by atoms with E-state index in [4.69, 9.17) is 5.84 Å². The third kappa shape index (κ3) is 3.18. The van der Waals surface area contributed by atoms with Crippen molar-refractivity contribution in [2.75, 3.05) is 6.26 Å². The molecule has 0 aliphatic carbocycles. The zero-order chi connectivity index (χ0) is 13.7. The number of thioether (sulfide) groups is 1. The molecule has 0 saturated heterocycles. The lowest BCUT2D eigenvalue weighted by Gasteiger charge is -2.18. The van der Waals surface area contributed by atoms with Gasteiger partial charge in [0.15, 0.2) is 0 Å². The normalized spacial score (nSPS) is 12.6. The molecule has 1 atom stereocenters. The van der Waals surface area contributed by atoms with Crippen molar-refractivity contribution in [1.82, 2.24) is 15.2 Å². The summed E-state index contributed by atoms with van der Waals surface area (Å²) >= 11 is 1.74. The average molecular weight is 276 g/mol. The molecular weight excluding hydrogens is 256 g/mol. The number of hydrogen-bond donors (Lipinski definition) is 2. The third-order valence-corrected chi connectivity index (χ3v) is 3.84. The van der Waals surface area contributed by atoms with E-state index >= 15 is 0 Å². The Morgan fingerprint density at radius 2 is 2.05 bits per heavy atom. The second-order valence-electron chi connectivity index (χ2n) is 4.35. The molecule has 1 heterocycles. The van der Waals surface area contributed by atoms with E-state index in [1.54, 1.807) is 11.8 Å². The summed E-state index contributed by atoms with van der Waals surface area (Å²) in [7, 11) is 0. The number of nitrogens with zero attached hydrogens (tertiary/aromatic N) is 2. The molecule has 0 saturated carbocycles. The van der Waals surface area contributed by atoms with E-state index in [0.29, 0.717) is 0 Å². The molecule has 5 heteroatoms. The second kappa shape index (κ2) is 6.75. The fourth-order valence-electron chi connectivity index (χ4n) is 2.14. The minimum absolute atomic E-state index is 0.0232. The van der Waals surface area contributed by atoms with Crippen molar-refractivity contribution in [2.24, 2.45) is 5.84 Å². The first kappa shape index (κ1) is 14.1. The van der Waals surface area contributed by atoms with Crippen molar-refractivity contribution in [3.8, 4) is 0 Å². The van der Waals surface area contributed by atoms with Crippen LogP contribution in [0.15, 0.2) is 41.4 Å². The summed E-state index contributed by atoms with van der Waals surface area (Å²) in [4.78, 5) is 1.25. The highest BCUT2D eigenvalue weighted by molar-refractivity contribution is 7.98. The van der Waals surface area contributed by atoms with Crippen LogP contribution >= 0.6 is 11.8 Å². The molecule has 0 aliphatic rings. The largest absolute Gasteiger partial charge is 0.271 e. The van der Waals surface area contributed by atoms with Crippen LogP contribution in [-0.2, 0) is 6.54 Å². The van der Waals surface area contributed by atoms with Gasteiger partial charge in [-0.1, -0.05) is 19.1 Å². The maximum atomic E-state index is 5.74. The number of hydrazine groups is 1. The average Bonchev–Trinajstić information content (AvgIpc) is 2.89. The second-order valence-corrected chi connectivity index (χ2v) is 5.23. The van der Waals surface area contributed by atoms with Gasteiger partial charge in [-0.3, -0.25) is 10.5 Å². The maximum absolute atomic E-state index is 5.74. The highest BCUT2D eigenvalue weighted by atomic mass is 32.2. The molecular formula is C14H20N4S. The number of nitrogens with two attached hydrogens (primary N) is 1. The van der Waals surface area contributed by atoms with Gasteiger partial charge in [-0.2, -0.15) is 5.10 Å². The predicted octanol–water partition coefficient (Wildman–Crippen LogP) is 2.57. The van der Waals surface area contributed by atoms with Gasteiger partial charge in [-0.25, -0.2) is 5.43 Å². The van der Waals surface area contributed by atoms with Gasteiger partial charge in [0, 0.05) is 17.6 Å². The van der Waals surface area contributed by atoms with Crippen LogP contribution in [0.25, 0.3) is 0 Å². The Hall–Kier alpha value is -1.30. The molecule has 0 radical (unpaired) electrons. The topological polar surface area (TPSA) is 55.9 Å². The van der Waals surface area contributed by atoms with E-state index in [1.807, 2.05) is 16.9 Å². The van der Waals surface area contributed by atoms with Crippen molar-refractivity contribution < 1.29 is 0 Å². The summed E-state index contributed by atoms with van der Waals surface area (Å²) in [5.74, 6) is 5.74. The Labute approximate surface area is 118 Å². The Kier molecular flexibility index (Phi) is 5.01. The van der Waals surface area contributed by atoms with E-state index in [9.17, 15) is 0 Å². The minimum atomic E-state index is -0.0232. The molecule has 0 spiro atoms. The van der Waals surface area contributed by atoms with Crippen LogP contribution in [0.4, 0.5) is 0 Å². The van der Waals surface area contributed by atoms with E-state index in [2.05, 4.69) is 48.0 Å². The van der Waals surface area contributed by atoms with Gasteiger partial charge >= 0.3 is 0 Å². The van der Waals surface area contributed by atoms with E-state index in [1.165, 1.54) is 4.90 Å². The van der Waals surface area contributed by atoms with Crippen molar-refractivity contribution in [1.29, 1.82) is 0 Å². The van der Waals surface area contributed by atoms with Gasteiger partial charge in [0.05, 0.1) is 11.7 Å². The molecule has 3 N–H and O–H groups in total. The Balaban J connectivity index is 2.29.